The molecule has 39 heavy (non-hydrogen) atoms. The molecule has 1 aromatic heterocycles. The number of ketones is 1. The number of aromatic nitrogens is 3. The number of hydrogen-bond acceptors (Lipinski definition) is 7. The molecular weight excluding hydrogens is 500 g/mol. The second-order valence-corrected chi connectivity index (χ2v) is 10.6. The van der Waals surface area contributed by atoms with Crippen LogP contribution in [0, 0.1) is 0 Å². The highest BCUT2D eigenvalue weighted by molar-refractivity contribution is 5.94. The Hall–Kier alpha value is -3.89. The minimum Gasteiger partial charge on any atom is -0.492 e. The van der Waals surface area contributed by atoms with Crippen molar-refractivity contribution < 1.29 is 19.0 Å². The van der Waals surface area contributed by atoms with Crippen molar-refractivity contribution in [2.24, 2.45) is 0 Å². The van der Waals surface area contributed by atoms with Crippen LogP contribution in [0.4, 0.5) is 0 Å². The molecule has 204 valence electrons. The Morgan fingerprint density at radius 3 is 2.51 bits per heavy atom. The predicted octanol–water partition coefficient (Wildman–Crippen LogP) is 2.41. The average molecular weight is 533 g/mol. The molecule has 3 aliphatic heterocycles. The summed E-state index contributed by atoms with van der Waals surface area (Å²) in [4.78, 5) is 41.3. The fourth-order valence-electron chi connectivity index (χ4n) is 5.65. The Morgan fingerprint density at radius 1 is 1.05 bits per heavy atom. The van der Waals surface area contributed by atoms with Crippen molar-refractivity contribution in [3.05, 3.63) is 86.2 Å². The standard InChI is InChI=1S/C29H32N4O6/c1-19(34)20-4-6-21(7-5-20)32-27(35)31-11-10-24-26(33(31)28(32)36)23-9-8-22(18-25(23)39-29(24,2)3)38-17-14-30-12-15-37-16-13-30/h4-10,18,26H,11-17H2,1-3H3. The maximum atomic E-state index is 13.8. The Balaban J connectivity index is 1.35. The Morgan fingerprint density at radius 2 is 1.79 bits per heavy atom. The van der Waals surface area contributed by atoms with E-state index in [-0.39, 0.29) is 12.3 Å². The molecule has 1 atom stereocenters. The van der Waals surface area contributed by atoms with Crippen LogP contribution in [0.15, 0.2) is 63.7 Å². The van der Waals surface area contributed by atoms with Gasteiger partial charge in [0.25, 0.3) is 0 Å². The van der Waals surface area contributed by atoms with Gasteiger partial charge in [-0.2, -0.15) is 0 Å². The van der Waals surface area contributed by atoms with Gasteiger partial charge in [0.1, 0.15) is 29.7 Å². The molecular formula is C29H32N4O6. The van der Waals surface area contributed by atoms with E-state index in [0.717, 1.165) is 48.6 Å². The highest BCUT2D eigenvalue weighted by Gasteiger charge is 2.44. The van der Waals surface area contributed by atoms with E-state index in [4.69, 9.17) is 14.2 Å². The summed E-state index contributed by atoms with van der Waals surface area (Å²) in [6, 6.07) is 11.7. The first-order valence-corrected chi connectivity index (χ1v) is 13.3. The maximum absolute atomic E-state index is 13.8. The van der Waals surface area contributed by atoms with Gasteiger partial charge >= 0.3 is 11.4 Å². The summed E-state index contributed by atoms with van der Waals surface area (Å²) in [5, 5.41) is 0. The van der Waals surface area contributed by atoms with Crippen molar-refractivity contribution in [1.82, 2.24) is 18.8 Å². The van der Waals surface area contributed by atoms with Gasteiger partial charge in [0.15, 0.2) is 5.78 Å². The molecule has 10 nitrogen and oxygen atoms in total. The molecule has 4 heterocycles. The first kappa shape index (κ1) is 25.4. The number of Topliss-reactive ketones (excluding diaryl/α,β-unsaturated/α-hetero) is 1. The minimum atomic E-state index is -0.698. The molecule has 10 heteroatoms. The number of allylic oxidation sites excluding steroid dienone is 1. The zero-order valence-electron chi connectivity index (χ0n) is 22.4. The Labute approximate surface area is 225 Å². The van der Waals surface area contributed by atoms with Crippen LogP contribution < -0.4 is 20.9 Å². The normalized spacial score (nSPS) is 19.8. The summed E-state index contributed by atoms with van der Waals surface area (Å²) in [7, 11) is 0. The van der Waals surface area contributed by atoms with Crippen LogP contribution in [0.2, 0.25) is 0 Å². The van der Waals surface area contributed by atoms with Crippen LogP contribution in [0.1, 0.15) is 42.7 Å². The second kappa shape index (κ2) is 9.69. The third-order valence-electron chi connectivity index (χ3n) is 7.73. The molecule has 3 aliphatic rings. The number of hydrogen-bond donors (Lipinski definition) is 0. The molecule has 0 bridgehead atoms. The lowest BCUT2D eigenvalue weighted by Crippen LogP contribution is -2.46. The van der Waals surface area contributed by atoms with Crippen LogP contribution in [0.3, 0.4) is 0 Å². The Kier molecular flexibility index (Phi) is 6.31. The summed E-state index contributed by atoms with van der Waals surface area (Å²) in [5.74, 6) is 1.23. The van der Waals surface area contributed by atoms with E-state index in [2.05, 4.69) is 4.90 Å². The van der Waals surface area contributed by atoms with E-state index in [1.807, 2.05) is 38.1 Å². The molecule has 0 N–H and O–H groups in total. The zero-order valence-corrected chi connectivity index (χ0v) is 22.4. The topological polar surface area (TPSA) is 96.9 Å². The third kappa shape index (κ3) is 4.43. The monoisotopic (exact) mass is 532 g/mol. The number of rotatable bonds is 6. The fourth-order valence-corrected chi connectivity index (χ4v) is 5.65. The van der Waals surface area contributed by atoms with Crippen LogP contribution in [-0.4, -0.2) is 69.7 Å². The molecule has 0 spiro atoms. The van der Waals surface area contributed by atoms with Crippen LogP contribution in [-0.2, 0) is 11.3 Å². The molecule has 0 saturated carbocycles. The number of fused-ring (bicyclic) bond motifs is 5. The SMILES string of the molecule is CC(=O)c1ccc(-n2c(=O)n3n(c2=O)C2C(=CC3)C(C)(C)Oc3cc(OCCN4CCOCC4)ccc32)cc1. The summed E-state index contributed by atoms with van der Waals surface area (Å²) in [6.45, 7) is 10.3. The highest BCUT2D eigenvalue weighted by Crippen LogP contribution is 2.47. The van der Waals surface area contributed by atoms with Gasteiger partial charge in [-0.15, -0.1) is 0 Å². The molecule has 0 radical (unpaired) electrons. The molecule has 1 unspecified atom stereocenters. The summed E-state index contributed by atoms with van der Waals surface area (Å²) < 4.78 is 22.0. The molecule has 6 rings (SSSR count). The van der Waals surface area contributed by atoms with E-state index in [1.54, 1.807) is 24.3 Å². The van der Waals surface area contributed by atoms with Gasteiger partial charge in [-0.3, -0.25) is 9.69 Å². The van der Waals surface area contributed by atoms with Gasteiger partial charge in [-0.05, 0) is 62.7 Å². The van der Waals surface area contributed by atoms with Crippen LogP contribution >= 0.6 is 0 Å². The number of carbonyl (C=O) groups is 1. The first-order valence-electron chi connectivity index (χ1n) is 13.3. The van der Waals surface area contributed by atoms with Crippen molar-refractivity contribution >= 4 is 5.78 Å². The summed E-state index contributed by atoms with van der Waals surface area (Å²) in [5.41, 5.74) is 1.07. The predicted molar refractivity (Wildman–Crippen MR) is 144 cm³/mol. The molecule has 0 aliphatic carbocycles. The summed E-state index contributed by atoms with van der Waals surface area (Å²) in [6.07, 6.45) is 1.98. The lowest BCUT2D eigenvalue weighted by atomic mass is 9.83. The number of ether oxygens (including phenoxy) is 3. The van der Waals surface area contributed by atoms with Gasteiger partial charge in [0, 0.05) is 36.8 Å². The van der Waals surface area contributed by atoms with E-state index < -0.39 is 23.0 Å². The van der Waals surface area contributed by atoms with Crippen LogP contribution in [0.5, 0.6) is 11.5 Å². The number of morpholine rings is 1. The fraction of sp³-hybridized carbons (Fsp3) is 0.414. The lowest BCUT2D eigenvalue weighted by molar-refractivity contribution is 0.0322. The quantitative estimate of drug-likeness (QED) is 0.355. The maximum Gasteiger partial charge on any atom is 0.352 e. The van der Waals surface area contributed by atoms with E-state index >= 15 is 0 Å². The average Bonchev–Trinajstić information content (AvgIpc) is 3.18. The Bertz CT molecular complexity index is 1570. The molecule has 2 aromatic carbocycles. The van der Waals surface area contributed by atoms with Crippen molar-refractivity contribution in [3.8, 4) is 17.2 Å². The first-order chi connectivity index (χ1) is 18.7. The molecule has 1 fully saturated rings. The van der Waals surface area contributed by atoms with E-state index in [1.165, 1.54) is 16.3 Å². The number of nitrogens with zero attached hydrogens (tertiary/aromatic N) is 4. The van der Waals surface area contributed by atoms with Gasteiger partial charge in [0.05, 0.1) is 25.4 Å². The van der Waals surface area contributed by atoms with Gasteiger partial charge in [0.2, 0.25) is 0 Å². The van der Waals surface area contributed by atoms with Crippen molar-refractivity contribution in [3.63, 3.8) is 0 Å². The van der Waals surface area contributed by atoms with Crippen molar-refractivity contribution in [2.45, 2.75) is 39.0 Å². The zero-order chi connectivity index (χ0) is 27.3. The second-order valence-electron chi connectivity index (χ2n) is 10.6. The number of benzene rings is 2. The smallest absolute Gasteiger partial charge is 0.352 e. The van der Waals surface area contributed by atoms with Gasteiger partial charge in [-0.25, -0.2) is 23.5 Å². The van der Waals surface area contributed by atoms with Crippen molar-refractivity contribution in [1.29, 1.82) is 0 Å². The van der Waals surface area contributed by atoms with Gasteiger partial charge in [-0.1, -0.05) is 6.08 Å². The van der Waals surface area contributed by atoms with E-state index in [0.29, 0.717) is 29.4 Å². The highest BCUT2D eigenvalue weighted by atomic mass is 16.5. The third-order valence-corrected chi connectivity index (χ3v) is 7.73. The largest absolute Gasteiger partial charge is 0.492 e. The summed E-state index contributed by atoms with van der Waals surface area (Å²) >= 11 is 0. The minimum absolute atomic E-state index is 0.0823. The van der Waals surface area contributed by atoms with Crippen molar-refractivity contribution in [2.75, 3.05) is 39.5 Å². The van der Waals surface area contributed by atoms with Gasteiger partial charge < -0.3 is 14.2 Å². The van der Waals surface area contributed by atoms with E-state index in [9.17, 15) is 14.4 Å². The number of carbonyl (C=O) groups excluding carboxylic acids is 1. The molecule has 3 aromatic rings. The van der Waals surface area contributed by atoms with Crippen LogP contribution in [0.25, 0.3) is 5.69 Å². The lowest BCUT2D eigenvalue weighted by Gasteiger charge is -2.42. The molecule has 0 amide bonds. The molecule has 1 saturated heterocycles.